The zero-order valence-electron chi connectivity index (χ0n) is 14.5. The second-order valence-electron chi connectivity index (χ2n) is 6.39. The SMILES string of the molecule is CCCn1c(=O)[nH]c(=O)c2cc(C(=O)N3CCCC(NC)C3)cnc21. The fourth-order valence-electron chi connectivity index (χ4n) is 3.30. The quantitative estimate of drug-likeness (QED) is 0.831. The van der Waals surface area contributed by atoms with Crippen molar-refractivity contribution in [1.82, 2.24) is 24.8 Å². The number of nitrogens with zero attached hydrogens (tertiary/aromatic N) is 3. The summed E-state index contributed by atoms with van der Waals surface area (Å²) in [6.07, 6.45) is 4.18. The van der Waals surface area contributed by atoms with Crippen molar-refractivity contribution in [2.24, 2.45) is 0 Å². The summed E-state index contributed by atoms with van der Waals surface area (Å²) < 4.78 is 1.43. The maximum Gasteiger partial charge on any atom is 0.329 e. The number of likely N-dealkylation sites (tertiary alicyclic amines) is 1. The van der Waals surface area contributed by atoms with Gasteiger partial charge < -0.3 is 10.2 Å². The summed E-state index contributed by atoms with van der Waals surface area (Å²) in [6, 6.07) is 1.82. The lowest BCUT2D eigenvalue weighted by molar-refractivity contribution is 0.0698. The molecule has 2 aromatic rings. The highest BCUT2D eigenvalue weighted by molar-refractivity contribution is 5.96. The molecule has 25 heavy (non-hydrogen) atoms. The fourth-order valence-corrected chi connectivity index (χ4v) is 3.30. The molecular formula is C17H23N5O3. The molecule has 2 aromatic heterocycles. The van der Waals surface area contributed by atoms with Gasteiger partial charge in [-0.25, -0.2) is 9.78 Å². The smallest absolute Gasteiger partial charge is 0.329 e. The van der Waals surface area contributed by atoms with E-state index >= 15 is 0 Å². The minimum Gasteiger partial charge on any atom is -0.337 e. The Morgan fingerprint density at radius 1 is 1.44 bits per heavy atom. The maximum atomic E-state index is 12.8. The van der Waals surface area contributed by atoms with E-state index in [-0.39, 0.29) is 17.3 Å². The van der Waals surface area contributed by atoms with Crippen LogP contribution in [0.15, 0.2) is 21.9 Å². The van der Waals surface area contributed by atoms with E-state index in [0.717, 1.165) is 19.3 Å². The molecule has 0 aromatic carbocycles. The van der Waals surface area contributed by atoms with Crippen molar-refractivity contribution in [3.63, 3.8) is 0 Å². The number of aromatic amines is 1. The van der Waals surface area contributed by atoms with Crippen molar-refractivity contribution in [3.05, 3.63) is 38.7 Å². The predicted octanol–water partition coefficient (Wildman–Crippen LogP) is 0.319. The molecule has 0 radical (unpaired) electrons. The van der Waals surface area contributed by atoms with Crippen LogP contribution in [0.1, 0.15) is 36.5 Å². The van der Waals surface area contributed by atoms with Crippen LogP contribution in [-0.2, 0) is 6.54 Å². The van der Waals surface area contributed by atoms with Crippen LogP contribution in [0.25, 0.3) is 11.0 Å². The highest BCUT2D eigenvalue weighted by Gasteiger charge is 2.24. The van der Waals surface area contributed by atoms with Crippen molar-refractivity contribution < 1.29 is 4.79 Å². The number of rotatable bonds is 4. The van der Waals surface area contributed by atoms with Crippen LogP contribution in [0.3, 0.4) is 0 Å². The molecule has 0 bridgehead atoms. The topological polar surface area (TPSA) is 100 Å². The molecule has 8 heteroatoms. The molecule has 1 aliphatic heterocycles. The summed E-state index contributed by atoms with van der Waals surface area (Å²) in [5.41, 5.74) is -0.296. The van der Waals surface area contributed by atoms with Crippen LogP contribution < -0.4 is 16.6 Å². The third-order valence-electron chi connectivity index (χ3n) is 4.64. The third kappa shape index (κ3) is 3.34. The van der Waals surface area contributed by atoms with Crippen LogP contribution in [0, 0.1) is 0 Å². The van der Waals surface area contributed by atoms with Gasteiger partial charge in [-0.05, 0) is 32.4 Å². The van der Waals surface area contributed by atoms with E-state index in [1.807, 2.05) is 14.0 Å². The molecule has 134 valence electrons. The van der Waals surface area contributed by atoms with E-state index in [4.69, 9.17) is 0 Å². The second kappa shape index (κ2) is 7.18. The lowest BCUT2D eigenvalue weighted by atomic mass is 10.0. The number of H-pyrrole nitrogens is 1. The maximum absolute atomic E-state index is 12.8. The average Bonchev–Trinajstić information content (AvgIpc) is 2.64. The van der Waals surface area contributed by atoms with Gasteiger partial charge in [-0.15, -0.1) is 0 Å². The van der Waals surface area contributed by atoms with Crippen molar-refractivity contribution in [1.29, 1.82) is 0 Å². The van der Waals surface area contributed by atoms with E-state index < -0.39 is 11.2 Å². The van der Waals surface area contributed by atoms with Crippen molar-refractivity contribution in [2.75, 3.05) is 20.1 Å². The van der Waals surface area contributed by atoms with Gasteiger partial charge in [-0.1, -0.05) is 6.92 Å². The first-order chi connectivity index (χ1) is 12.0. The van der Waals surface area contributed by atoms with Gasteiger partial charge in [0.05, 0.1) is 10.9 Å². The van der Waals surface area contributed by atoms with Gasteiger partial charge in [0.2, 0.25) is 0 Å². The van der Waals surface area contributed by atoms with E-state index in [1.165, 1.54) is 16.8 Å². The molecule has 0 aliphatic carbocycles. The third-order valence-corrected chi connectivity index (χ3v) is 4.64. The molecular weight excluding hydrogens is 322 g/mol. The summed E-state index contributed by atoms with van der Waals surface area (Å²) in [5, 5.41) is 3.47. The number of fused-ring (bicyclic) bond motifs is 1. The van der Waals surface area contributed by atoms with Crippen LogP contribution in [0.2, 0.25) is 0 Å². The van der Waals surface area contributed by atoms with Crippen LogP contribution >= 0.6 is 0 Å². The zero-order valence-corrected chi connectivity index (χ0v) is 14.5. The lowest BCUT2D eigenvalue weighted by Crippen LogP contribution is -2.47. The minimum absolute atomic E-state index is 0.137. The Bertz CT molecular complexity index is 901. The Kier molecular flexibility index (Phi) is 4.98. The highest BCUT2D eigenvalue weighted by Crippen LogP contribution is 2.15. The molecule has 2 N–H and O–H groups in total. The predicted molar refractivity (Wildman–Crippen MR) is 94.9 cm³/mol. The number of aromatic nitrogens is 3. The molecule has 0 saturated carbocycles. The van der Waals surface area contributed by atoms with Gasteiger partial charge in [0.25, 0.3) is 11.5 Å². The van der Waals surface area contributed by atoms with Crippen molar-refractivity contribution in [3.8, 4) is 0 Å². The van der Waals surface area contributed by atoms with Gasteiger partial charge in [-0.2, -0.15) is 0 Å². The minimum atomic E-state index is -0.513. The summed E-state index contributed by atoms with van der Waals surface area (Å²) >= 11 is 0. The van der Waals surface area contributed by atoms with Gasteiger partial charge in [0.1, 0.15) is 5.65 Å². The van der Waals surface area contributed by atoms with Crippen LogP contribution in [-0.4, -0.2) is 51.5 Å². The second-order valence-corrected chi connectivity index (χ2v) is 6.39. The Balaban J connectivity index is 2.00. The standard InChI is InChI=1S/C17H23N5O3/c1-3-6-22-14-13(15(23)20-17(22)25)8-11(9-19-14)16(24)21-7-4-5-12(10-21)18-2/h8-9,12,18H,3-7,10H2,1-2H3,(H,20,23,25). The van der Waals surface area contributed by atoms with Gasteiger partial charge in [0, 0.05) is 31.9 Å². The Labute approximate surface area is 144 Å². The van der Waals surface area contributed by atoms with Gasteiger partial charge in [0.15, 0.2) is 0 Å². The Morgan fingerprint density at radius 3 is 2.96 bits per heavy atom. The average molecular weight is 345 g/mol. The molecule has 3 heterocycles. The molecule has 1 unspecified atom stereocenters. The van der Waals surface area contributed by atoms with Crippen LogP contribution in [0.4, 0.5) is 0 Å². The number of carbonyl (C=O) groups is 1. The molecule has 1 amide bonds. The number of hydrogen-bond donors (Lipinski definition) is 2. The number of pyridine rings is 1. The van der Waals surface area contributed by atoms with Crippen LogP contribution in [0.5, 0.6) is 0 Å². The number of amides is 1. The summed E-state index contributed by atoms with van der Waals surface area (Å²) in [4.78, 5) is 45.2. The number of aryl methyl sites for hydroxylation is 1. The molecule has 1 aliphatic rings. The molecule has 3 rings (SSSR count). The lowest BCUT2D eigenvalue weighted by Gasteiger charge is -2.32. The normalized spacial score (nSPS) is 17.8. The van der Waals surface area contributed by atoms with E-state index in [9.17, 15) is 14.4 Å². The number of likely N-dealkylation sites (N-methyl/N-ethyl adjacent to an activating group) is 1. The first kappa shape index (κ1) is 17.3. The highest BCUT2D eigenvalue weighted by atomic mass is 16.2. The van der Waals surface area contributed by atoms with Gasteiger partial charge in [-0.3, -0.25) is 19.1 Å². The van der Waals surface area contributed by atoms with Crippen molar-refractivity contribution in [2.45, 2.75) is 38.8 Å². The number of hydrogen-bond acceptors (Lipinski definition) is 5. The summed E-state index contributed by atoms with van der Waals surface area (Å²) in [5.74, 6) is -0.137. The molecule has 1 atom stereocenters. The first-order valence-electron chi connectivity index (χ1n) is 8.64. The summed E-state index contributed by atoms with van der Waals surface area (Å²) in [7, 11) is 1.89. The zero-order chi connectivity index (χ0) is 18.0. The molecule has 8 nitrogen and oxygen atoms in total. The molecule has 1 saturated heterocycles. The van der Waals surface area contributed by atoms with Crippen molar-refractivity contribution >= 4 is 16.9 Å². The molecule has 0 spiro atoms. The monoisotopic (exact) mass is 345 g/mol. The number of piperidine rings is 1. The van der Waals surface area contributed by atoms with E-state index in [1.54, 1.807) is 4.90 Å². The summed E-state index contributed by atoms with van der Waals surface area (Å²) in [6.45, 7) is 3.73. The van der Waals surface area contributed by atoms with E-state index in [0.29, 0.717) is 30.8 Å². The largest absolute Gasteiger partial charge is 0.337 e. The Morgan fingerprint density at radius 2 is 2.24 bits per heavy atom. The first-order valence-corrected chi connectivity index (χ1v) is 8.64. The number of carbonyl (C=O) groups excluding carboxylic acids is 1. The van der Waals surface area contributed by atoms with Gasteiger partial charge >= 0.3 is 5.69 Å². The molecule has 1 fully saturated rings. The number of nitrogens with one attached hydrogen (secondary N) is 2. The fraction of sp³-hybridized carbons (Fsp3) is 0.529. The Hall–Kier alpha value is -2.48. The van der Waals surface area contributed by atoms with E-state index in [2.05, 4.69) is 15.3 Å².